The topological polar surface area (TPSA) is 57.7 Å². The van der Waals surface area contributed by atoms with E-state index in [4.69, 9.17) is 0 Å². The Kier molecular flexibility index (Phi) is 5.81. The molecule has 0 saturated carbocycles. The molecule has 0 atom stereocenters. The van der Waals surface area contributed by atoms with E-state index in [2.05, 4.69) is 0 Å². The van der Waals surface area contributed by atoms with E-state index in [1.165, 1.54) is 4.31 Å². The summed E-state index contributed by atoms with van der Waals surface area (Å²) in [6.45, 7) is 7.82. The SMILES string of the molecule is CCCS(=O)(=O)N1CCCN(C(=O)c2ccc(C)c(C)c2)CC1. The minimum absolute atomic E-state index is 0.0113. The molecule has 6 heteroatoms. The molecule has 1 aliphatic heterocycles. The van der Waals surface area contributed by atoms with Crippen LogP contribution in [0.3, 0.4) is 0 Å². The first-order valence-corrected chi connectivity index (χ1v) is 9.80. The third-order valence-electron chi connectivity index (χ3n) is 4.35. The molecule has 0 radical (unpaired) electrons. The monoisotopic (exact) mass is 338 g/mol. The van der Waals surface area contributed by atoms with Crippen molar-refractivity contribution in [2.75, 3.05) is 31.9 Å². The first-order valence-electron chi connectivity index (χ1n) is 8.19. The molecule has 0 bridgehead atoms. The Bertz CT molecular complexity index is 670. The number of sulfonamides is 1. The molecule has 1 amide bonds. The lowest BCUT2D eigenvalue weighted by Gasteiger charge is -2.22. The Morgan fingerprint density at radius 3 is 2.48 bits per heavy atom. The highest BCUT2D eigenvalue weighted by Gasteiger charge is 2.26. The molecule has 1 saturated heterocycles. The molecule has 1 aromatic carbocycles. The fourth-order valence-corrected chi connectivity index (χ4v) is 4.36. The number of hydrogen-bond acceptors (Lipinski definition) is 3. The van der Waals surface area contributed by atoms with Gasteiger partial charge in [-0.25, -0.2) is 12.7 Å². The van der Waals surface area contributed by atoms with Gasteiger partial charge in [-0.15, -0.1) is 0 Å². The molecule has 5 nitrogen and oxygen atoms in total. The average molecular weight is 338 g/mol. The Morgan fingerprint density at radius 1 is 1.09 bits per heavy atom. The van der Waals surface area contributed by atoms with Crippen LogP contribution in [-0.4, -0.2) is 55.5 Å². The van der Waals surface area contributed by atoms with Crippen molar-refractivity contribution in [2.45, 2.75) is 33.6 Å². The third-order valence-corrected chi connectivity index (χ3v) is 6.43. The van der Waals surface area contributed by atoms with Crippen LogP contribution in [0.15, 0.2) is 18.2 Å². The summed E-state index contributed by atoms with van der Waals surface area (Å²) in [5.41, 5.74) is 2.94. The standard InChI is InChI=1S/C17H26N2O3S/c1-4-12-23(21,22)19-9-5-8-18(10-11-19)17(20)16-7-6-14(2)15(3)13-16/h6-7,13H,4-5,8-12H2,1-3H3. The van der Waals surface area contributed by atoms with Gasteiger partial charge in [0.1, 0.15) is 0 Å². The van der Waals surface area contributed by atoms with Crippen LogP contribution >= 0.6 is 0 Å². The first kappa shape index (κ1) is 17.9. The van der Waals surface area contributed by atoms with Crippen LogP contribution in [0.2, 0.25) is 0 Å². The number of hydrogen-bond donors (Lipinski definition) is 0. The van der Waals surface area contributed by atoms with Crippen molar-refractivity contribution in [3.05, 3.63) is 34.9 Å². The zero-order chi connectivity index (χ0) is 17.0. The molecular formula is C17H26N2O3S. The highest BCUT2D eigenvalue weighted by Crippen LogP contribution is 2.15. The van der Waals surface area contributed by atoms with E-state index in [1.54, 1.807) is 4.90 Å². The maximum Gasteiger partial charge on any atom is 0.253 e. The number of nitrogens with zero attached hydrogens (tertiary/aromatic N) is 2. The average Bonchev–Trinajstić information content (AvgIpc) is 2.76. The fourth-order valence-electron chi connectivity index (χ4n) is 2.82. The lowest BCUT2D eigenvalue weighted by Crippen LogP contribution is -2.38. The molecule has 1 fully saturated rings. The zero-order valence-corrected chi connectivity index (χ0v) is 15.0. The second-order valence-electron chi connectivity index (χ2n) is 6.16. The van der Waals surface area contributed by atoms with Crippen molar-refractivity contribution in [1.82, 2.24) is 9.21 Å². The van der Waals surface area contributed by atoms with Crippen molar-refractivity contribution in [2.24, 2.45) is 0 Å². The zero-order valence-electron chi connectivity index (χ0n) is 14.2. The summed E-state index contributed by atoms with van der Waals surface area (Å²) in [7, 11) is -3.19. The van der Waals surface area contributed by atoms with E-state index in [1.807, 2.05) is 39.0 Å². The molecule has 0 aliphatic carbocycles. The van der Waals surface area contributed by atoms with Gasteiger partial charge in [-0.2, -0.15) is 0 Å². The highest BCUT2D eigenvalue weighted by atomic mass is 32.2. The third kappa shape index (κ3) is 4.32. The van der Waals surface area contributed by atoms with Crippen LogP contribution in [0.25, 0.3) is 0 Å². The van der Waals surface area contributed by atoms with Crippen LogP contribution in [0, 0.1) is 13.8 Å². The van der Waals surface area contributed by atoms with Gasteiger partial charge in [0.25, 0.3) is 5.91 Å². The summed E-state index contributed by atoms with van der Waals surface area (Å²) in [6, 6.07) is 5.72. The number of carbonyl (C=O) groups is 1. The molecular weight excluding hydrogens is 312 g/mol. The lowest BCUT2D eigenvalue weighted by molar-refractivity contribution is 0.0764. The number of benzene rings is 1. The molecule has 0 aromatic heterocycles. The van der Waals surface area contributed by atoms with Gasteiger partial charge in [0.15, 0.2) is 0 Å². The first-order chi connectivity index (χ1) is 10.8. The van der Waals surface area contributed by atoms with Gasteiger partial charge in [-0.05, 0) is 49.9 Å². The van der Waals surface area contributed by atoms with Crippen molar-refractivity contribution in [3.8, 4) is 0 Å². The molecule has 0 N–H and O–H groups in total. The lowest BCUT2D eigenvalue weighted by atomic mass is 10.1. The summed E-state index contributed by atoms with van der Waals surface area (Å²) >= 11 is 0. The van der Waals surface area contributed by atoms with Gasteiger partial charge in [-0.1, -0.05) is 13.0 Å². The molecule has 1 heterocycles. The predicted molar refractivity (Wildman–Crippen MR) is 92.1 cm³/mol. The molecule has 2 rings (SSSR count). The van der Waals surface area contributed by atoms with Crippen LogP contribution in [0.1, 0.15) is 41.3 Å². The summed E-state index contributed by atoms with van der Waals surface area (Å²) in [4.78, 5) is 14.4. The normalized spacial score (nSPS) is 17.1. The summed E-state index contributed by atoms with van der Waals surface area (Å²) < 4.78 is 25.9. The predicted octanol–water partition coefficient (Wildman–Crippen LogP) is 2.19. The Labute approximate surface area is 139 Å². The summed E-state index contributed by atoms with van der Waals surface area (Å²) in [5, 5.41) is 0. The van der Waals surface area contributed by atoms with Gasteiger partial charge >= 0.3 is 0 Å². The van der Waals surface area contributed by atoms with Crippen molar-refractivity contribution >= 4 is 15.9 Å². The van der Waals surface area contributed by atoms with Crippen LogP contribution in [0.4, 0.5) is 0 Å². The van der Waals surface area contributed by atoms with Crippen molar-refractivity contribution < 1.29 is 13.2 Å². The quantitative estimate of drug-likeness (QED) is 0.845. The second kappa shape index (κ2) is 7.45. The number of aryl methyl sites for hydroxylation is 2. The second-order valence-corrected chi connectivity index (χ2v) is 8.25. The Hall–Kier alpha value is -1.40. The van der Waals surface area contributed by atoms with Gasteiger partial charge in [-0.3, -0.25) is 4.79 Å². The number of rotatable bonds is 4. The van der Waals surface area contributed by atoms with E-state index >= 15 is 0 Å². The van der Waals surface area contributed by atoms with Gasteiger partial charge in [0.05, 0.1) is 5.75 Å². The molecule has 128 valence electrons. The van der Waals surface area contributed by atoms with Crippen LogP contribution in [-0.2, 0) is 10.0 Å². The maximum atomic E-state index is 12.7. The largest absolute Gasteiger partial charge is 0.337 e. The molecule has 0 unspecified atom stereocenters. The summed E-state index contributed by atoms with van der Waals surface area (Å²) in [6.07, 6.45) is 1.30. The fraction of sp³-hybridized carbons (Fsp3) is 0.588. The van der Waals surface area contributed by atoms with Gasteiger partial charge < -0.3 is 4.90 Å². The van der Waals surface area contributed by atoms with Crippen molar-refractivity contribution in [1.29, 1.82) is 0 Å². The number of amides is 1. The Morgan fingerprint density at radius 2 is 1.83 bits per heavy atom. The number of carbonyl (C=O) groups excluding carboxylic acids is 1. The van der Waals surface area contributed by atoms with E-state index in [0.29, 0.717) is 44.6 Å². The molecule has 1 aromatic rings. The molecule has 23 heavy (non-hydrogen) atoms. The summed E-state index contributed by atoms with van der Waals surface area (Å²) in [5.74, 6) is 0.167. The minimum Gasteiger partial charge on any atom is -0.337 e. The van der Waals surface area contributed by atoms with Gasteiger partial charge in [0, 0.05) is 31.7 Å². The van der Waals surface area contributed by atoms with Crippen LogP contribution < -0.4 is 0 Å². The smallest absolute Gasteiger partial charge is 0.253 e. The highest BCUT2D eigenvalue weighted by molar-refractivity contribution is 7.89. The van der Waals surface area contributed by atoms with E-state index < -0.39 is 10.0 Å². The van der Waals surface area contributed by atoms with E-state index in [0.717, 1.165) is 11.1 Å². The van der Waals surface area contributed by atoms with E-state index in [-0.39, 0.29) is 11.7 Å². The van der Waals surface area contributed by atoms with Gasteiger partial charge in [0.2, 0.25) is 10.0 Å². The van der Waals surface area contributed by atoms with Crippen LogP contribution in [0.5, 0.6) is 0 Å². The van der Waals surface area contributed by atoms with E-state index in [9.17, 15) is 13.2 Å². The molecule has 0 spiro atoms. The minimum atomic E-state index is -3.19. The van der Waals surface area contributed by atoms with Crippen molar-refractivity contribution in [3.63, 3.8) is 0 Å². The maximum absolute atomic E-state index is 12.7. The Balaban J connectivity index is 2.08. The molecule has 1 aliphatic rings.